The molecule has 0 saturated carbocycles. The molecule has 0 radical (unpaired) electrons. The van der Waals surface area contributed by atoms with Gasteiger partial charge in [0.2, 0.25) is 11.8 Å². The van der Waals surface area contributed by atoms with Crippen molar-refractivity contribution in [2.75, 3.05) is 19.8 Å². The van der Waals surface area contributed by atoms with E-state index in [4.69, 9.17) is 14.6 Å². The number of aliphatic carboxylic acids is 1. The van der Waals surface area contributed by atoms with Crippen molar-refractivity contribution in [3.05, 3.63) is 44.4 Å². The number of fused-ring (bicyclic) bond motifs is 2. The number of carbonyl (C=O) groups is 4. The van der Waals surface area contributed by atoms with Crippen LogP contribution in [0.3, 0.4) is 0 Å². The molecule has 2 unspecified atom stereocenters. The number of aromatic nitrogens is 1. The number of esters is 1. The molecule has 1 aromatic heterocycles. The average molecular weight is 479 g/mol. The lowest BCUT2D eigenvalue weighted by Gasteiger charge is -2.29. The van der Waals surface area contributed by atoms with Gasteiger partial charge in [-0.15, -0.1) is 0 Å². The highest BCUT2D eigenvalue weighted by molar-refractivity contribution is 8.00. The van der Waals surface area contributed by atoms with Crippen LogP contribution in [0.5, 0.6) is 5.75 Å². The average Bonchev–Trinajstić information content (AvgIpc) is 3.23. The van der Waals surface area contributed by atoms with Gasteiger partial charge in [0.05, 0.1) is 17.6 Å². The van der Waals surface area contributed by atoms with Crippen LogP contribution in [-0.2, 0) is 23.9 Å². The molecule has 32 heavy (non-hydrogen) atoms. The van der Waals surface area contributed by atoms with Gasteiger partial charge in [-0.25, -0.2) is 4.79 Å². The summed E-state index contributed by atoms with van der Waals surface area (Å²) in [5.74, 6) is -3.96. The molecule has 3 atom stereocenters. The van der Waals surface area contributed by atoms with Crippen LogP contribution in [0.2, 0.25) is 0 Å². The summed E-state index contributed by atoms with van der Waals surface area (Å²) in [6.07, 6.45) is 0. The fraction of sp³-hybridized carbons (Fsp3) is 0.350. The van der Waals surface area contributed by atoms with E-state index in [9.17, 15) is 24.0 Å². The van der Waals surface area contributed by atoms with E-state index in [1.165, 1.54) is 0 Å². The van der Waals surface area contributed by atoms with Crippen molar-refractivity contribution in [3.8, 4) is 5.75 Å². The highest BCUT2D eigenvalue weighted by atomic mass is 32.2. The van der Waals surface area contributed by atoms with Gasteiger partial charge in [0.25, 0.3) is 0 Å². The Balaban J connectivity index is 1.66. The maximum atomic E-state index is 13.1. The zero-order valence-corrected chi connectivity index (χ0v) is 18.4. The summed E-state index contributed by atoms with van der Waals surface area (Å²) in [7, 11) is 0. The lowest BCUT2D eigenvalue weighted by Crippen LogP contribution is -2.36. The molecule has 2 aliphatic rings. The van der Waals surface area contributed by atoms with Gasteiger partial charge in [-0.1, -0.05) is 35.2 Å². The Morgan fingerprint density at radius 3 is 2.53 bits per heavy atom. The van der Waals surface area contributed by atoms with Gasteiger partial charge in [0.15, 0.2) is 6.61 Å². The molecule has 2 amide bonds. The van der Waals surface area contributed by atoms with E-state index in [1.54, 1.807) is 31.2 Å². The third-order valence-electron chi connectivity index (χ3n) is 5.11. The highest BCUT2D eigenvalue weighted by Gasteiger charge is 2.56. The number of benzene rings is 1. The molecule has 0 aliphatic carbocycles. The molecule has 1 saturated heterocycles. The molecule has 12 heteroatoms. The summed E-state index contributed by atoms with van der Waals surface area (Å²) in [5.41, 5.74) is 0.665. The molecular weight excluding hydrogens is 460 g/mol. The van der Waals surface area contributed by atoms with E-state index in [2.05, 4.69) is 4.98 Å². The first-order chi connectivity index (χ1) is 15.3. The van der Waals surface area contributed by atoms with Gasteiger partial charge < -0.3 is 19.6 Å². The number of thiazole rings is 1. The van der Waals surface area contributed by atoms with Gasteiger partial charge in [0, 0.05) is 10.8 Å². The highest BCUT2D eigenvalue weighted by Crippen LogP contribution is 2.52. The molecule has 1 aromatic carbocycles. The number of H-pyrrole nitrogens is 1. The van der Waals surface area contributed by atoms with Crippen LogP contribution < -0.4 is 9.61 Å². The van der Waals surface area contributed by atoms with Crippen molar-refractivity contribution in [2.45, 2.75) is 23.1 Å². The van der Waals surface area contributed by atoms with Crippen LogP contribution in [-0.4, -0.2) is 63.8 Å². The Kier molecular flexibility index (Phi) is 6.07. The summed E-state index contributed by atoms with van der Waals surface area (Å²) in [6, 6.07) is 6.64. The maximum Gasteiger partial charge on any atom is 0.344 e. The van der Waals surface area contributed by atoms with Crippen LogP contribution in [0.1, 0.15) is 23.3 Å². The van der Waals surface area contributed by atoms with Crippen molar-refractivity contribution < 1.29 is 33.8 Å². The minimum absolute atomic E-state index is 0.247. The van der Waals surface area contributed by atoms with Crippen LogP contribution >= 0.6 is 23.1 Å². The van der Waals surface area contributed by atoms with Crippen molar-refractivity contribution in [1.29, 1.82) is 0 Å². The van der Waals surface area contributed by atoms with Gasteiger partial charge in [-0.3, -0.25) is 24.1 Å². The molecule has 4 rings (SSSR count). The number of hydrogen-bond donors (Lipinski definition) is 2. The van der Waals surface area contributed by atoms with Crippen molar-refractivity contribution in [2.24, 2.45) is 5.92 Å². The second-order valence-electron chi connectivity index (χ2n) is 7.07. The van der Waals surface area contributed by atoms with Crippen LogP contribution in [0, 0.1) is 5.92 Å². The largest absolute Gasteiger partial charge is 0.482 e. The summed E-state index contributed by atoms with van der Waals surface area (Å²) in [4.78, 5) is 64.3. The zero-order valence-electron chi connectivity index (χ0n) is 16.7. The van der Waals surface area contributed by atoms with Gasteiger partial charge >= 0.3 is 16.8 Å². The monoisotopic (exact) mass is 478 g/mol. The quantitative estimate of drug-likeness (QED) is 0.441. The Labute approximate surface area is 189 Å². The predicted molar refractivity (Wildman–Crippen MR) is 113 cm³/mol. The number of carboxylic acids is 1. The number of hydrogen-bond acceptors (Lipinski definition) is 9. The minimum Gasteiger partial charge on any atom is -0.482 e. The maximum absolute atomic E-state index is 13.1. The molecular formula is C20H18N2O8S2. The molecule has 3 heterocycles. The number of ether oxygens (including phenoxy) is 2. The number of likely N-dealkylation sites (tertiary alicyclic amines) is 1. The normalized spacial score (nSPS) is 21.8. The second kappa shape index (κ2) is 8.79. The number of nitrogens with zero attached hydrogens (tertiary/aromatic N) is 1. The molecule has 2 N–H and O–H groups in total. The Morgan fingerprint density at radius 2 is 1.88 bits per heavy atom. The first-order valence-corrected chi connectivity index (χ1v) is 11.3. The number of imide groups is 1. The molecule has 2 aromatic rings. The molecule has 0 spiro atoms. The van der Waals surface area contributed by atoms with E-state index < -0.39 is 47.4 Å². The number of carbonyl (C=O) groups excluding carboxylic acids is 3. The van der Waals surface area contributed by atoms with Gasteiger partial charge in [-0.05, 0) is 24.6 Å². The zero-order chi connectivity index (χ0) is 23.0. The molecule has 2 aliphatic heterocycles. The van der Waals surface area contributed by atoms with Crippen molar-refractivity contribution in [1.82, 2.24) is 9.88 Å². The predicted octanol–water partition coefficient (Wildman–Crippen LogP) is 1.05. The Hall–Kier alpha value is -3.12. The van der Waals surface area contributed by atoms with E-state index in [0.29, 0.717) is 21.2 Å². The number of rotatable bonds is 7. The minimum atomic E-state index is -1.28. The van der Waals surface area contributed by atoms with E-state index in [-0.39, 0.29) is 18.1 Å². The Bertz CT molecular complexity index is 1140. The number of carboxylic acid groups (broad SMARTS) is 1. The SMILES string of the molecule is CCOC(=O)COc1ccc([C@@H]2c3sc(=O)[nH]c3SC3C(=O)N(CC(=O)O)C(=O)C32)cc1. The van der Waals surface area contributed by atoms with Crippen LogP contribution in [0.15, 0.2) is 34.1 Å². The lowest BCUT2D eigenvalue weighted by molar-refractivity contribution is -0.149. The fourth-order valence-corrected chi connectivity index (χ4v) is 6.38. The molecule has 0 bridgehead atoms. The third-order valence-corrected chi connectivity index (χ3v) is 7.51. The topological polar surface area (TPSA) is 143 Å². The van der Waals surface area contributed by atoms with Gasteiger partial charge in [0.1, 0.15) is 17.5 Å². The molecule has 168 valence electrons. The third kappa shape index (κ3) is 4.02. The smallest absolute Gasteiger partial charge is 0.344 e. The summed E-state index contributed by atoms with van der Waals surface area (Å²) < 4.78 is 10.2. The van der Waals surface area contributed by atoms with E-state index in [0.717, 1.165) is 28.0 Å². The first-order valence-electron chi connectivity index (χ1n) is 9.65. The second-order valence-corrected chi connectivity index (χ2v) is 9.24. The van der Waals surface area contributed by atoms with Crippen LogP contribution in [0.25, 0.3) is 0 Å². The number of amides is 2. The van der Waals surface area contributed by atoms with Crippen LogP contribution in [0.4, 0.5) is 0 Å². The fourth-order valence-electron chi connectivity index (χ4n) is 3.84. The summed E-state index contributed by atoms with van der Waals surface area (Å²) >= 11 is 2.04. The van der Waals surface area contributed by atoms with E-state index in [1.807, 2.05) is 0 Å². The first kappa shape index (κ1) is 22.1. The standard InChI is InChI=1S/C20H18N2O8S2/c1-2-29-12(25)8-30-10-5-3-9(4-6-10)13-14-16(31-17-15(13)32-20(28)21-17)19(27)22(18(14)26)7-11(23)24/h3-6,13-14,16H,2,7-8H2,1H3,(H,21,28)(H,23,24)/t13-,14?,16?/m0/s1. The van der Waals surface area contributed by atoms with Crippen molar-refractivity contribution >= 4 is 46.9 Å². The van der Waals surface area contributed by atoms with Crippen molar-refractivity contribution in [3.63, 3.8) is 0 Å². The molecule has 10 nitrogen and oxygen atoms in total. The summed E-state index contributed by atoms with van der Waals surface area (Å²) in [5, 5.41) is 8.78. The number of thioether (sulfide) groups is 1. The lowest BCUT2D eigenvalue weighted by atomic mass is 9.83. The number of nitrogens with one attached hydrogen (secondary N) is 1. The molecule has 1 fully saturated rings. The summed E-state index contributed by atoms with van der Waals surface area (Å²) in [6.45, 7) is 0.983. The van der Waals surface area contributed by atoms with E-state index >= 15 is 0 Å². The van der Waals surface area contributed by atoms with Gasteiger partial charge in [-0.2, -0.15) is 0 Å². The Morgan fingerprint density at radius 1 is 1.16 bits per heavy atom. The number of aromatic amines is 1.